The molecule has 0 spiro atoms. The Labute approximate surface area is 190 Å². The quantitative estimate of drug-likeness (QED) is 0.171. The number of non-ortho nitro benzene ring substituents is 1. The topological polar surface area (TPSA) is 92.0 Å². The van der Waals surface area contributed by atoms with Crippen LogP contribution in [0, 0.1) is 16.0 Å². The van der Waals surface area contributed by atoms with Crippen molar-refractivity contribution in [3.63, 3.8) is 0 Å². The average Bonchev–Trinajstić information content (AvgIpc) is 2.69. The number of aliphatic imine (C=N–C) groups is 1. The third kappa shape index (κ3) is 9.26. The zero-order valence-electron chi connectivity index (χ0n) is 17.6. The number of hydrogen-bond donors (Lipinski definition) is 2. The Kier molecular flexibility index (Phi) is 12.1. The molecule has 1 fully saturated rings. The fourth-order valence-corrected chi connectivity index (χ4v) is 3.30. The number of nitro benzene ring substituents is 1. The second-order valence-corrected chi connectivity index (χ2v) is 7.43. The van der Waals surface area contributed by atoms with Gasteiger partial charge in [-0.05, 0) is 24.8 Å². The molecule has 0 aromatic heterocycles. The van der Waals surface area contributed by atoms with Crippen molar-refractivity contribution in [3.8, 4) is 0 Å². The third-order valence-electron chi connectivity index (χ3n) is 4.72. The van der Waals surface area contributed by atoms with Crippen LogP contribution in [0.5, 0.6) is 0 Å². The Balaban J connectivity index is 0.00000420. The molecule has 2 rings (SSSR count). The zero-order chi connectivity index (χ0) is 20.4. The number of benzene rings is 1. The second-order valence-electron chi connectivity index (χ2n) is 7.43. The second kappa shape index (κ2) is 13.7. The van der Waals surface area contributed by atoms with Crippen LogP contribution in [-0.4, -0.2) is 61.2 Å². The zero-order valence-corrected chi connectivity index (χ0v) is 19.9. The van der Waals surface area contributed by atoms with Gasteiger partial charge in [-0.25, -0.2) is 4.99 Å². The van der Waals surface area contributed by atoms with E-state index in [9.17, 15) is 10.1 Å². The van der Waals surface area contributed by atoms with Crippen LogP contribution in [0.2, 0.25) is 0 Å². The van der Waals surface area contributed by atoms with Gasteiger partial charge in [0.2, 0.25) is 0 Å². The van der Waals surface area contributed by atoms with Gasteiger partial charge in [0.15, 0.2) is 5.96 Å². The van der Waals surface area contributed by atoms with E-state index in [-0.39, 0.29) is 34.6 Å². The summed E-state index contributed by atoms with van der Waals surface area (Å²) in [5.41, 5.74) is 1.04. The lowest BCUT2D eigenvalue weighted by Crippen LogP contribution is -2.51. The number of morpholine rings is 1. The summed E-state index contributed by atoms with van der Waals surface area (Å²) >= 11 is 0. The van der Waals surface area contributed by atoms with Gasteiger partial charge in [0.05, 0.1) is 24.7 Å². The van der Waals surface area contributed by atoms with Gasteiger partial charge in [0, 0.05) is 44.4 Å². The number of hydrogen-bond acceptors (Lipinski definition) is 5. The number of ether oxygens (including phenoxy) is 1. The minimum Gasteiger partial charge on any atom is -0.379 e. The number of guanidine groups is 1. The molecular formula is C20H34IN5O3. The van der Waals surface area contributed by atoms with Crippen molar-refractivity contribution in [3.05, 3.63) is 39.9 Å². The first-order valence-electron chi connectivity index (χ1n) is 10.1. The summed E-state index contributed by atoms with van der Waals surface area (Å²) in [5.74, 6) is 1.39. The summed E-state index contributed by atoms with van der Waals surface area (Å²) in [6.45, 7) is 12.1. The van der Waals surface area contributed by atoms with Crippen LogP contribution < -0.4 is 10.6 Å². The summed E-state index contributed by atoms with van der Waals surface area (Å²) in [4.78, 5) is 17.5. The average molecular weight is 519 g/mol. The van der Waals surface area contributed by atoms with Crippen molar-refractivity contribution >= 4 is 35.6 Å². The molecule has 0 amide bonds. The van der Waals surface area contributed by atoms with Gasteiger partial charge >= 0.3 is 0 Å². The molecule has 1 heterocycles. The van der Waals surface area contributed by atoms with Crippen molar-refractivity contribution in [2.24, 2.45) is 10.9 Å². The molecule has 0 bridgehead atoms. The van der Waals surface area contributed by atoms with E-state index in [4.69, 9.17) is 4.74 Å². The predicted octanol–water partition coefficient (Wildman–Crippen LogP) is 3.01. The Bertz CT molecular complexity index is 634. The molecule has 9 heteroatoms. The molecule has 0 aliphatic carbocycles. The molecule has 2 N–H and O–H groups in total. The Morgan fingerprint density at radius 1 is 1.24 bits per heavy atom. The van der Waals surface area contributed by atoms with Crippen molar-refractivity contribution < 1.29 is 9.66 Å². The molecule has 1 atom stereocenters. The van der Waals surface area contributed by atoms with Crippen molar-refractivity contribution in [2.75, 3.05) is 39.4 Å². The normalized spacial score (nSPS) is 16.2. The molecule has 164 valence electrons. The van der Waals surface area contributed by atoms with E-state index in [1.54, 1.807) is 12.1 Å². The summed E-state index contributed by atoms with van der Waals surface area (Å²) in [6.07, 6.45) is 1.12. The maximum Gasteiger partial charge on any atom is 0.269 e. The largest absolute Gasteiger partial charge is 0.379 e. The Hall–Kier alpha value is -1.46. The SMILES string of the molecule is CCNC(=NCc1ccc([N+](=O)[O-])cc1)NCC(CC(C)C)N1CCOCC1.I. The van der Waals surface area contributed by atoms with Gasteiger partial charge in [-0.3, -0.25) is 15.0 Å². The lowest BCUT2D eigenvalue weighted by atomic mass is 10.0. The number of nitrogens with zero attached hydrogens (tertiary/aromatic N) is 3. The fourth-order valence-electron chi connectivity index (χ4n) is 3.30. The standard InChI is InChI=1S/C20H33N5O3.HI/c1-4-21-20(22-14-17-5-7-18(8-6-17)25(26)27)23-15-19(13-16(2)3)24-9-11-28-12-10-24;/h5-8,16,19H,4,9-15H2,1-3H3,(H2,21,22,23);1H. The highest BCUT2D eigenvalue weighted by Crippen LogP contribution is 2.14. The highest BCUT2D eigenvalue weighted by Gasteiger charge is 2.22. The molecule has 0 saturated carbocycles. The van der Waals surface area contributed by atoms with E-state index in [0.717, 1.165) is 57.3 Å². The molecule has 29 heavy (non-hydrogen) atoms. The van der Waals surface area contributed by atoms with Gasteiger partial charge in [-0.2, -0.15) is 0 Å². The van der Waals surface area contributed by atoms with Crippen LogP contribution in [-0.2, 0) is 11.3 Å². The van der Waals surface area contributed by atoms with Crippen LogP contribution in [0.3, 0.4) is 0 Å². The number of nitro groups is 1. The highest BCUT2D eigenvalue weighted by atomic mass is 127. The van der Waals surface area contributed by atoms with E-state index < -0.39 is 0 Å². The summed E-state index contributed by atoms with van der Waals surface area (Å²) in [7, 11) is 0. The first kappa shape index (κ1) is 25.6. The lowest BCUT2D eigenvalue weighted by Gasteiger charge is -2.35. The van der Waals surface area contributed by atoms with Crippen molar-refractivity contribution in [1.29, 1.82) is 0 Å². The third-order valence-corrected chi connectivity index (χ3v) is 4.72. The van der Waals surface area contributed by atoms with Crippen LogP contribution in [0.1, 0.15) is 32.8 Å². The van der Waals surface area contributed by atoms with Crippen LogP contribution in [0.15, 0.2) is 29.3 Å². The molecule has 0 radical (unpaired) electrons. The van der Waals surface area contributed by atoms with Gasteiger partial charge < -0.3 is 15.4 Å². The maximum absolute atomic E-state index is 10.8. The Morgan fingerprint density at radius 2 is 1.90 bits per heavy atom. The molecular weight excluding hydrogens is 485 g/mol. The van der Waals surface area contributed by atoms with Gasteiger partial charge in [-0.15, -0.1) is 24.0 Å². The van der Waals surface area contributed by atoms with E-state index in [0.29, 0.717) is 18.5 Å². The minimum absolute atomic E-state index is 0. The highest BCUT2D eigenvalue weighted by molar-refractivity contribution is 14.0. The Morgan fingerprint density at radius 3 is 2.45 bits per heavy atom. The number of nitrogens with one attached hydrogen (secondary N) is 2. The number of rotatable bonds is 9. The summed E-state index contributed by atoms with van der Waals surface area (Å²) in [6, 6.07) is 6.97. The first-order valence-corrected chi connectivity index (χ1v) is 10.1. The molecule has 1 aromatic carbocycles. The molecule has 1 aliphatic heterocycles. The molecule has 1 aliphatic rings. The van der Waals surface area contributed by atoms with Crippen molar-refractivity contribution in [1.82, 2.24) is 15.5 Å². The van der Waals surface area contributed by atoms with E-state index >= 15 is 0 Å². The maximum atomic E-state index is 10.8. The minimum atomic E-state index is -0.390. The molecule has 1 saturated heterocycles. The van der Waals surface area contributed by atoms with E-state index in [2.05, 4.69) is 34.4 Å². The van der Waals surface area contributed by atoms with Gasteiger partial charge in [0.25, 0.3) is 5.69 Å². The molecule has 8 nitrogen and oxygen atoms in total. The van der Waals surface area contributed by atoms with Crippen molar-refractivity contribution in [2.45, 2.75) is 39.8 Å². The van der Waals surface area contributed by atoms with Gasteiger partial charge in [0.1, 0.15) is 0 Å². The van der Waals surface area contributed by atoms with E-state index in [1.165, 1.54) is 12.1 Å². The summed E-state index contributed by atoms with van der Waals surface area (Å²) in [5, 5.41) is 17.5. The lowest BCUT2D eigenvalue weighted by molar-refractivity contribution is -0.384. The smallest absolute Gasteiger partial charge is 0.269 e. The van der Waals surface area contributed by atoms with Crippen LogP contribution in [0.4, 0.5) is 5.69 Å². The van der Waals surface area contributed by atoms with Crippen LogP contribution in [0.25, 0.3) is 0 Å². The van der Waals surface area contributed by atoms with Crippen LogP contribution >= 0.6 is 24.0 Å². The van der Waals surface area contributed by atoms with Gasteiger partial charge in [-0.1, -0.05) is 26.0 Å². The fraction of sp³-hybridized carbons (Fsp3) is 0.650. The summed E-state index contributed by atoms with van der Waals surface area (Å²) < 4.78 is 5.49. The number of halogens is 1. The first-order chi connectivity index (χ1) is 13.5. The monoisotopic (exact) mass is 519 g/mol. The predicted molar refractivity (Wildman–Crippen MR) is 127 cm³/mol. The van der Waals surface area contributed by atoms with E-state index in [1.807, 2.05) is 6.92 Å². The molecule has 1 aromatic rings. The molecule has 1 unspecified atom stereocenters.